The van der Waals surface area contributed by atoms with Crippen molar-refractivity contribution >= 4 is 11.8 Å². The zero-order valence-electron chi connectivity index (χ0n) is 14.8. The lowest BCUT2D eigenvalue weighted by Gasteiger charge is -2.29. The Balaban J connectivity index is 1.78. The van der Waals surface area contributed by atoms with Crippen molar-refractivity contribution in [2.75, 3.05) is 20.1 Å². The van der Waals surface area contributed by atoms with Gasteiger partial charge in [-0.2, -0.15) is 0 Å². The third kappa shape index (κ3) is 3.33. The molecule has 2 fully saturated rings. The third-order valence-corrected chi connectivity index (χ3v) is 5.68. The van der Waals surface area contributed by atoms with Crippen molar-refractivity contribution in [1.29, 1.82) is 0 Å². The van der Waals surface area contributed by atoms with Crippen LogP contribution in [-0.2, 0) is 0 Å². The number of carbonyl (C=O) groups is 2. The van der Waals surface area contributed by atoms with Crippen molar-refractivity contribution in [3.8, 4) is 0 Å². The van der Waals surface area contributed by atoms with E-state index < -0.39 is 0 Å². The van der Waals surface area contributed by atoms with Crippen molar-refractivity contribution in [3.05, 3.63) is 35.4 Å². The smallest absolute Gasteiger partial charge is 0.254 e. The Labute approximate surface area is 144 Å². The molecule has 1 aromatic carbocycles. The lowest BCUT2D eigenvalue weighted by Crippen LogP contribution is -2.39. The van der Waals surface area contributed by atoms with Gasteiger partial charge in [-0.25, -0.2) is 0 Å². The van der Waals surface area contributed by atoms with E-state index in [1.54, 1.807) is 24.1 Å². The maximum absolute atomic E-state index is 13.0. The van der Waals surface area contributed by atoms with E-state index in [0.29, 0.717) is 29.6 Å². The van der Waals surface area contributed by atoms with Crippen LogP contribution >= 0.6 is 0 Å². The first kappa shape index (κ1) is 17.0. The molecule has 1 aliphatic carbocycles. The average Bonchev–Trinajstić information content (AvgIpc) is 3.30. The van der Waals surface area contributed by atoms with E-state index in [1.807, 2.05) is 19.1 Å². The minimum atomic E-state index is -0.0269. The molecule has 1 saturated heterocycles. The number of rotatable bonds is 4. The van der Waals surface area contributed by atoms with Crippen molar-refractivity contribution < 1.29 is 9.59 Å². The second kappa shape index (κ2) is 7.37. The largest absolute Gasteiger partial charge is 0.342 e. The monoisotopic (exact) mass is 328 g/mol. The van der Waals surface area contributed by atoms with Crippen LogP contribution in [0.4, 0.5) is 0 Å². The Morgan fingerprint density at radius 1 is 1.12 bits per heavy atom. The number of likely N-dealkylation sites (tertiary alicyclic amines) is 1. The summed E-state index contributed by atoms with van der Waals surface area (Å²) in [7, 11) is 1.79. The van der Waals surface area contributed by atoms with E-state index >= 15 is 0 Å². The average molecular weight is 328 g/mol. The molecule has 3 rings (SSSR count). The second-order valence-corrected chi connectivity index (χ2v) is 7.15. The minimum absolute atomic E-state index is 0.0269. The molecular weight excluding hydrogens is 300 g/mol. The highest BCUT2D eigenvalue weighted by molar-refractivity contribution is 5.99. The van der Waals surface area contributed by atoms with Gasteiger partial charge in [-0.15, -0.1) is 0 Å². The molecular formula is C20H28N2O2. The Bertz CT molecular complexity index is 607. The van der Waals surface area contributed by atoms with E-state index in [-0.39, 0.29) is 11.8 Å². The SMILES string of the molecule is CCN(C)C(=O)c1cccc(C(=O)N2CCC[C@H]2C2CCCC2)c1. The standard InChI is InChI=1S/C20H28N2O2/c1-3-21(2)19(23)16-10-6-11-17(14-16)20(24)22-13-7-12-18(22)15-8-4-5-9-15/h6,10-11,14-15,18H,3-5,7-9,12-13H2,1-2H3/t18-/m0/s1. The number of benzene rings is 1. The highest BCUT2D eigenvalue weighted by Crippen LogP contribution is 2.36. The summed E-state index contributed by atoms with van der Waals surface area (Å²) in [5.74, 6) is 0.742. The van der Waals surface area contributed by atoms with Gasteiger partial charge in [0.25, 0.3) is 11.8 Å². The molecule has 0 spiro atoms. The number of hydrogen-bond acceptors (Lipinski definition) is 2. The van der Waals surface area contributed by atoms with Crippen LogP contribution in [0.25, 0.3) is 0 Å². The predicted molar refractivity (Wildman–Crippen MR) is 95.1 cm³/mol. The van der Waals surface area contributed by atoms with E-state index in [1.165, 1.54) is 25.7 Å². The molecule has 0 N–H and O–H groups in total. The van der Waals surface area contributed by atoms with Gasteiger partial charge in [0.05, 0.1) is 0 Å². The minimum Gasteiger partial charge on any atom is -0.342 e. The summed E-state index contributed by atoms with van der Waals surface area (Å²) in [5, 5.41) is 0. The predicted octanol–water partition coefficient (Wildman–Crippen LogP) is 3.57. The number of carbonyl (C=O) groups excluding carboxylic acids is 2. The fourth-order valence-electron chi connectivity index (χ4n) is 4.19. The highest BCUT2D eigenvalue weighted by Gasteiger charge is 2.36. The summed E-state index contributed by atoms with van der Waals surface area (Å²) >= 11 is 0. The summed E-state index contributed by atoms with van der Waals surface area (Å²) in [6.45, 7) is 3.46. The van der Waals surface area contributed by atoms with Crippen molar-refractivity contribution in [1.82, 2.24) is 9.80 Å². The number of amides is 2. The molecule has 0 unspecified atom stereocenters. The van der Waals surface area contributed by atoms with Crippen molar-refractivity contribution in [2.24, 2.45) is 5.92 Å². The maximum Gasteiger partial charge on any atom is 0.254 e. The van der Waals surface area contributed by atoms with Gasteiger partial charge in [0.1, 0.15) is 0 Å². The lowest BCUT2D eigenvalue weighted by molar-refractivity contribution is 0.0689. The molecule has 2 amide bonds. The molecule has 1 aromatic rings. The lowest BCUT2D eigenvalue weighted by atomic mass is 9.95. The first-order chi connectivity index (χ1) is 11.6. The quantitative estimate of drug-likeness (QED) is 0.848. The Kier molecular flexibility index (Phi) is 5.22. The van der Waals surface area contributed by atoms with Crippen LogP contribution < -0.4 is 0 Å². The van der Waals surface area contributed by atoms with E-state index in [4.69, 9.17) is 0 Å². The van der Waals surface area contributed by atoms with E-state index in [9.17, 15) is 9.59 Å². The summed E-state index contributed by atoms with van der Waals surface area (Å²) in [6, 6.07) is 7.63. The van der Waals surface area contributed by atoms with Crippen LogP contribution in [0.5, 0.6) is 0 Å². The summed E-state index contributed by atoms with van der Waals surface area (Å²) in [5.41, 5.74) is 1.25. The summed E-state index contributed by atoms with van der Waals surface area (Å²) in [6.07, 6.45) is 7.35. The zero-order chi connectivity index (χ0) is 17.1. The summed E-state index contributed by atoms with van der Waals surface area (Å²) in [4.78, 5) is 29.1. The summed E-state index contributed by atoms with van der Waals surface area (Å²) < 4.78 is 0. The Hall–Kier alpha value is -1.84. The van der Waals surface area contributed by atoms with Gasteiger partial charge >= 0.3 is 0 Å². The van der Waals surface area contributed by atoms with Crippen molar-refractivity contribution in [2.45, 2.75) is 51.5 Å². The molecule has 2 aliphatic rings. The van der Waals surface area contributed by atoms with E-state index in [2.05, 4.69) is 4.90 Å². The zero-order valence-corrected chi connectivity index (χ0v) is 14.8. The molecule has 0 radical (unpaired) electrons. The fourth-order valence-corrected chi connectivity index (χ4v) is 4.19. The van der Waals surface area contributed by atoms with Gasteiger partial charge in [-0.3, -0.25) is 9.59 Å². The molecule has 0 bridgehead atoms. The second-order valence-electron chi connectivity index (χ2n) is 7.15. The van der Waals surface area contributed by atoms with Crippen LogP contribution in [0.2, 0.25) is 0 Å². The maximum atomic E-state index is 13.0. The molecule has 1 heterocycles. The topological polar surface area (TPSA) is 40.6 Å². The molecule has 1 saturated carbocycles. The van der Waals surface area contributed by atoms with Crippen LogP contribution in [0.1, 0.15) is 66.2 Å². The van der Waals surface area contributed by atoms with Gasteiger partial charge in [0.15, 0.2) is 0 Å². The number of hydrogen-bond donors (Lipinski definition) is 0. The van der Waals surface area contributed by atoms with E-state index in [0.717, 1.165) is 19.4 Å². The molecule has 24 heavy (non-hydrogen) atoms. The number of nitrogens with zero attached hydrogens (tertiary/aromatic N) is 2. The first-order valence-corrected chi connectivity index (χ1v) is 9.28. The Morgan fingerprint density at radius 2 is 1.83 bits per heavy atom. The van der Waals surface area contributed by atoms with Crippen LogP contribution in [0.15, 0.2) is 24.3 Å². The normalized spacial score (nSPS) is 21.2. The van der Waals surface area contributed by atoms with Crippen LogP contribution in [0, 0.1) is 5.92 Å². The molecule has 1 aliphatic heterocycles. The van der Waals surface area contributed by atoms with Gasteiger partial charge in [0, 0.05) is 37.3 Å². The van der Waals surface area contributed by atoms with Crippen LogP contribution in [0.3, 0.4) is 0 Å². The first-order valence-electron chi connectivity index (χ1n) is 9.28. The molecule has 0 aromatic heterocycles. The van der Waals surface area contributed by atoms with Gasteiger partial charge in [-0.1, -0.05) is 18.9 Å². The molecule has 4 nitrogen and oxygen atoms in total. The van der Waals surface area contributed by atoms with Crippen LogP contribution in [-0.4, -0.2) is 47.8 Å². The third-order valence-electron chi connectivity index (χ3n) is 5.68. The molecule has 1 atom stereocenters. The molecule has 4 heteroatoms. The van der Waals surface area contributed by atoms with Gasteiger partial charge < -0.3 is 9.80 Å². The van der Waals surface area contributed by atoms with Gasteiger partial charge in [-0.05, 0) is 56.7 Å². The highest BCUT2D eigenvalue weighted by atomic mass is 16.2. The fraction of sp³-hybridized carbons (Fsp3) is 0.600. The molecule has 130 valence electrons. The van der Waals surface area contributed by atoms with Crippen molar-refractivity contribution in [3.63, 3.8) is 0 Å². The Morgan fingerprint density at radius 3 is 2.54 bits per heavy atom. The van der Waals surface area contributed by atoms with Gasteiger partial charge in [0.2, 0.25) is 0 Å².